The second kappa shape index (κ2) is 3.36. The third kappa shape index (κ3) is 2.21. The summed E-state index contributed by atoms with van der Waals surface area (Å²) in [4.78, 5) is 0. The molecule has 0 amide bonds. The van der Waals surface area contributed by atoms with Gasteiger partial charge in [0.05, 0.1) is 19.3 Å². The van der Waals surface area contributed by atoms with E-state index < -0.39 is 6.10 Å². The largest absolute Gasteiger partial charge is 0.394 e. The minimum Gasteiger partial charge on any atom is -0.394 e. The van der Waals surface area contributed by atoms with Gasteiger partial charge in [-0.25, -0.2) is 0 Å². The number of nitrogens with zero attached hydrogens (tertiary/aromatic N) is 2. The van der Waals surface area contributed by atoms with Crippen molar-refractivity contribution in [3.8, 4) is 0 Å². The number of aliphatic hydroxyl groups excluding tert-OH is 2. The fourth-order valence-electron chi connectivity index (χ4n) is 0.753. The summed E-state index contributed by atoms with van der Waals surface area (Å²) >= 11 is 0. The fourth-order valence-corrected chi connectivity index (χ4v) is 0.753. The smallest absolute Gasteiger partial charge is 0.145 e. The molecule has 1 aromatic rings. The highest BCUT2D eigenvalue weighted by atomic mass is 16.3. The summed E-state index contributed by atoms with van der Waals surface area (Å²) in [7, 11) is 0. The first-order valence-electron chi connectivity index (χ1n) is 3.30. The van der Waals surface area contributed by atoms with Gasteiger partial charge in [-0.3, -0.25) is 4.68 Å². The van der Waals surface area contributed by atoms with Gasteiger partial charge in [-0.05, 0) is 6.07 Å². The maximum atomic E-state index is 8.97. The Kier molecular flexibility index (Phi) is 2.45. The second-order valence-corrected chi connectivity index (χ2v) is 2.30. The van der Waals surface area contributed by atoms with Crippen LogP contribution >= 0.6 is 0 Å². The van der Waals surface area contributed by atoms with Gasteiger partial charge in [0.25, 0.3) is 0 Å². The molecular weight excluding hydrogens is 146 g/mol. The number of anilines is 1. The van der Waals surface area contributed by atoms with E-state index in [-0.39, 0.29) is 13.2 Å². The maximum Gasteiger partial charge on any atom is 0.145 e. The Hall–Kier alpha value is -1.07. The molecule has 0 saturated carbocycles. The van der Waals surface area contributed by atoms with E-state index in [9.17, 15) is 0 Å². The standard InChI is InChI=1S/C6H11N3O2/c7-6-1-2-9(8-6)3-5(11)4-10/h1-2,5,10-11H,3-4H2,(H2,7,8). The number of hydrogen-bond donors (Lipinski definition) is 3. The zero-order valence-corrected chi connectivity index (χ0v) is 6.01. The van der Waals surface area contributed by atoms with Crippen molar-refractivity contribution in [3.63, 3.8) is 0 Å². The lowest BCUT2D eigenvalue weighted by molar-refractivity contribution is 0.0783. The summed E-state index contributed by atoms with van der Waals surface area (Å²) in [5, 5.41) is 21.3. The molecule has 0 radical (unpaired) electrons. The molecular formula is C6H11N3O2. The molecule has 1 aromatic heterocycles. The van der Waals surface area contributed by atoms with Crippen LogP contribution in [0, 0.1) is 0 Å². The molecule has 5 heteroatoms. The summed E-state index contributed by atoms with van der Waals surface area (Å²) in [5.41, 5.74) is 5.32. The lowest BCUT2D eigenvalue weighted by Crippen LogP contribution is -2.20. The molecule has 1 heterocycles. The first-order valence-corrected chi connectivity index (χ1v) is 3.30. The highest BCUT2D eigenvalue weighted by Crippen LogP contribution is 1.96. The third-order valence-electron chi connectivity index (χ3n) is 1.27. The SMILES string of the molecule is Nc1ccn(CC(O)CO)n1. The monoisotopic (exact) mass is 157 g/mol. The average molecular weight is 157 g/mol. The van der Waals surface area contributed by atoms with Gasteiger partial charge in [-0.2, -0.15) is 5.10 Å². The molecule has 0 aromatic carbocycles. The summed E-state index contributed by atoms with van der Waals surface area (Å²) in [6.07, 6.45) is 0.878. The van der Waals surface area contributed by atoms with Gasteiger partial charge < -0.3 is 15.9 Å². The molecule has 1 rings (SSSR count). The Labute approximate surface area is 64.1 Å². The summed E-state index contributed by atoms with van der Waals surface area (Å²) < 4.78 is 1.48. The van der Waals surface area contributed by atoms with Gasteiger partial charge in [0, 0.05) is 6.20 Å². The van der Waals surface area contributed by atoms with Crippen LogP contribution in [0.5, 0.6) is 0 Å². The van der Waals surface area contributed by atoms with Gasteiger partial charge in [-0.15, -0.1) is 0 Å². The van der Waals surface area contributed by atoms with Crippen LogP contribution in [0.1, 0.15) is 0 Å². The Balaban J connectivity index is 2.50. The van der Waals surface area contributed by atoms with Gasteiger partial charge in [0.15, 0.2) is 0 Å². The van der Waals surface area contributed by atoms with Crippen LogP contribution in [0.25, 0.3) is 0 Å². The number of nitrogen functional groups attached to an aromatic ring is 1. The average Bonchev–Trinajstić information content (AvgIpc) is 2.35. The Morgan fingerprint density at radius 2 is 2.45 bits per heavy atom. The van der Waals surface area contributed by atoms with Crippen LogP contribution in [0.15, 0.2) is 12.3 Å². The van der Waals surface area contributed by atoms with Gasteiger partial charge >= 0.3 is 0 Å². The number of nitrogens with two attached hydrogens (primary N) is 1. The zero-order chi connectivity index (χ0) is 8.27. The van der Waals surface area contributed by atoms with Crippen LogP contribution in [0.3, 0.4) is 0 Å². The van der Waals surface area contributed by atoms with E-state index in [1.54, 1.807) is 12.3 Å². The van der Waals surface area contributed by atoms with Gasteiger partial charge in [-0.1, -0.05) is 0 Å². The molecule has 11 heavy (non-hydrogen) atoms. The summed E-state index contributed by atoms with van der Waals surface area (Å²) in [6.45, 7) is 0.00741. The van der Waals surface area contributed by atoms with Crippen LogP contribution in [0.2, 0.25) is 0 Å². The van der Waals surface area contributed by atoms with E-state index in [0.29, 0.717) is 5.82 Å². The highest BCUT2D eigenvalue weighted by molar-refractivity contribution is 5.23. The Morgan fingerprint density at radius 3 is 2.91 bits per heavy atom. The van der Waals surface area contributed by atoms with E-state index in [4.69, 9.17) is 15.9 Å². The van der Waals surface area contributed by atoms with E-state index >= 15 is 0 Å². The van der Waals surface area contributed by atoms with Gasteiger partial charge in [0.1, 0.15) is 5.82 Å². The third-order valence-corrected chi connectivity index (χ3v) is 1.27. The van der Waals surface area contributed by atoms with Crippen molar-refractivity contribution in [1.82, 2.24) is 9.78 Å². The Bertz CT molecular complexity index is 223. The van der Waals surface area contributed by atoms with Crippen LogP contribution in [0.4, 0.5) is 5.82 Å². The van der Waals surface area contributed by atoms with Crippen molar-refractivity contribution in [1.29, 1.82) is 0 Å². The summed E-state index contributed by atoms with van der Waals surface area (Å²) in [6, 6.07) is 1.63. The van der Waals surface area contributed by atoms with Crippen molar-refractivity contribution in [2.75, 3.05) is 12.3 Å². The molecule has 62 valence electrons. The van der Waals surface area contributed by atoms with Crippen molar-refractivity contribution in [2.45, 2.75) is 12.6 Å². The number of aliphatic hydroxyl groups is 2. The van der Waals surface area contributed by atoms with Crippen molar-refractivity contribution in [2.24, 2.45) is 0 Å². The lowest BCUT2D eigenvalue weighted by atomic mass is 10.4. The van der Waals surface area contributed by atoms with E-state index in [1.807, 2.05) is 0 Å². The molecule has 0 spiro atoms. The maximum absolute atomic E-state index is 8.97. The zero-order valence-electron chi connectivity index (χ0n) is 6.01. The molecule has 0 saturated heterocycles. The minimum atomic E-state index is -0.769. The van der Waals surface area contributed by atoms with Crippen LogP contribution in [-0.2, 0) is 6.54 Å². The van der Waals surface area contributed by atoms with Crippen LogP contribution in [-0.4, -0.2) is 32.7 Å². The Morgan fingerprint density at radius 1 is 1.73 bits per heavy atom. The predicted molar refractivity (Wildman–Crippen MR) is 39.7 cm³/mol. The fraction of sp³-hybridized carbons (Fsp3) is 0.500. The predicted octanol–water partition coefficient (Wildman–Crippen LogP) is -1.18. The van der Waals surface area contributed by atoms with Crippen LogP contribution < -0.4 is 5.73 Å². The molecule has 0 bridgehead atoms. The quantitative estimate of drug-likeness (QED) is 0.515. The second-order valence-electron chi connectivity index (χ2n) is 2.30. The summed E-state index contributed by atoms with van der Waals surface area (Å²) in [5.74, 6) is 0.412. The molecule has 0 aliphatic carbocycles. The van der Waals surface area contributed by atoms with Gasteiger partial charge in [0.2, 0.25) is 0 Å². The lowest BCUT2D eigenvalue weighted by Gasteiger charge is -2.05. The van der Waals surface area contributed by atoms with Crippen molar-refractivity contribution >= 4 is 5.82 Å². The highest BCUT2D eigenvalue weighted by Gasteiger charge is 2.02. The molecule has 0 aliphatic rings. The number of hydrogen-bond acceptors (Lipinski definition) is 4. The first kappa shape index (κ1) is 8.03. The van der Waals surface area contributed by atoms with Crippen molar-refractivity contribution in [3.05, 3.63) is 12.3 Å². The van der Waals surface area contributed by atoms with E-state index in [0.717, 1.165) is 0 Å². The molecule has 1 unspecified atom stereocenters. The first-order chi connectivity index (χ1) is 5.22. The molecule has 5 nitrogen and oxygen atoms in total. The molecule has 4 N–H and O–H groups in total. The molecule has 0 fully saturated rings. The number of aromatic nitrogens is 2. The molecule has 1 atom stereocenters. The molecule has 0 aliphatic heterocycles. The van der Waals surface area contributed by atoms with E-state index in [1.165, 1.54) is 4.68 Å². The van der Waals surface area contributed by atoms with E-state index in [2.05, 4.69) is 5.10 Å². The minimum absolute atomic E-state index is 0.264. The topological polar surface area (TPSA) is 84.3 Å². The van der Waals surface area contributed by atoms with Crippen molar-refractivity contribution < 1.29 is 10.2 Å². The normalized spacial score (nSPS) is 13.3. The number of rotatable bonds is 3.